The van der Waals surface area contributed by atoms with Crippen molar-refractivity contribution in [1.82, 2.24) is 0 Å². The van der Waals surface area contributed by atoms with Crippen LogP contribution >= 0.6 is 11.6 Å². The van der Waals surface area contributed by atoms with Gasteiger partial charge in [-0.05, 0) is 41.3 Å². The van der Waals surface area contributed by atoms with E-state index in [0.29, 0.717) is 33.9 Å². The minimum Gasteiger partial charge on any atom is -0.456 e. The van der Waals surface area contributed by atoms with Crippen molar-refractivity contribution < 1.29 is 37.5 Å². The van der Waals surface area contributed by atoms with Gasteiger partial charge in [-0.2, -0.15) is 0 Å². The Kier molecular flexibility index (Phi) is 8.70. The molecule has 0 aromatic heterocycles. The largest absolute Gasteiger partial charge is 0.456 e. The summed E-state index contributed by atoms with van der Waals surface area (Å²) in [5, 5.41) is 0.476. The van der Waals surface area contributed by atoms with Gasteiger partial charge in [0.05, 0.1) is 21.8 Å². The molecular weight excluding hydrogens is 532 g/mol. The van der Waals surface area contributed by atoms with Gasteiger partial charge in [0.1, 0.15) is 6.10 Å². The van der Waals surface area contributed by atoms with E-state index in [2.05, 4.69) is 0 Å². The van der Waals surface area contributed by atoms with Crippen LogP contribution < -0.4 is 0 Å². The first-order valence-corrected chi connectivity index (χ1v) is 13.8. The van der Waals surface area contributed by atoms with Crippen molar-refractivity contribution in [1.29, 1.82) is 0 Å². The standard InChI is InChI=1S/C28H29ClO8S/c1-5-23-26(34-15(2)30)28(36-17(4)32)27(35-16(3)31)25(37-23)19-10-11-22(29)20(12-19)14-21-13-18-8-6-7-9-24(18)38(21)33/h6-13,23,25-28H,5,14H2,1-4H3/t23-,25+,26-,27+,28+,38?/m1/s1. The Hall–Kier alpha value is -3.01. The Morgan fingerprint density at radius 2 is 1.55 bits per heavy atom. The summed E-state index contributed by atoms with van der Waals surface area (Å²) < 4.78 is 36.0. The van der Waals surface area contributed by atoms with E-state index in [1.54, 1.807) is 12.1 Å². The first-order chi connectivity index (χ1) is 18.1. The predicted molar refractivity (Wildman–Crippen MR) is 141 cm³/mol. The number of hydrogen-bond acceptors (Lipinski definition) is 8. The SMILES string of the molecule is CC[C@H]1O[C@@H](c2ccc(Cl)c(CC3=Cc4ccccc4S3=O)c2)[C@H](OC(C)=O)[C@@H](OC(C)=O)[C@@H]1OC(C)=O. The molecule has 0 N–H and O–H groups in total. The van der Waals surface area contributed by atoms with Crippen LogP contribution in [-0.2, 0) is 50.6 Å². The predicted octanol–water partition coefficient (Wildman–Crippen LogP) is 4.69. The molecule has 0 bridgehead atoms. The van der Waals surface area contributed by atoms with Gasteiger partial charge in [0.15, 0.2) is 18.3 Å². The fourth-order valence-electron chi connectivity index (χ4n) is 4.84. The van der Waals surface area contributed by atoms with Gasteiger partial charge in [-0.3, -0.25) is 14.4 Å². The van der Waals surface area contributed by atoms with E-state index >= 15 is 0 Å². The van der Waals surface area contributed by atoms with E-state index in [-0.39, 0.29) is 0 Å². The van der Waals surface area contributed by atoms with Crippen LogP contribution in [-0.4, -0.2) is 46.5 Å². The molecule has 1 saturated heterocycles. The smallest absolute Gasteiger partial charge is 0.303 e. The lowest BCUT2D eigenvalue weighted by Gasteiger charge is -2.44. The third kappa shape index (κ3) is 6.00. The van der Waals surface area contributed by atoms with Gasteiger partial charge in [0.25, 0.3) is 0 Å². The van der Waals surface area contributed by atoms with Crippen LogP contribution in [0.25, 0.3) is 6.08 Å². The quantitative estimate of drug-likeness (QED) is 0.355. The highest BCUT2D eigenvalue weighted by Crippen LogP contribution is 2.40. The van der Waals surface area contributed by atoms with E-state index in [1.165, 1.54) is 20.8 Å². The molecule has 0 spiro atoms. The fourth-order valence-corrected chi connectivity index (χ4v) is 6.37. The van der Waals surface area contributed by atoms with Gasteiger partial charge < -0.3 is 18.9 Å². The molecule has 8 nitrogen and oxygen atoms in total. The summed E-state index contributed by atoms with van der Waals surface area (Å²) in [5.74, 6) is -1.82. The maximum Gasteiger partial charge on any atom is 0.303 e. The fraction of sp³-hybridized carbons (Fsp3) is 0.393. The Balaban J connectivity index is 1.71. The minimum absolute atomic E-state index is 0.333. The van der Waals surface area contributed by atoms with Crippen molar-refractivity contribution in [3.05, 3.63) is 69.1 Å². The monoisotopic (exact) mass is 560 g/mol. The molecule has 2 aliphatic heterocycles. The number of benzene rings is 2. The number of carbonyl (C=O) groups excluding carboxylic acids is 3. The molecular formula is C28H29ClO8S. The number of rotatable bonds is 7. The lowest BCUT2D eigenvalue weighted by atomic mass is 9.88. The zero-order valence-corrected chi connectivity index (χ0v) is 23.0. The van der Waals surface area contributed by atoms with E-state index in [0.717, 1.165) is 10.5 Å². The molecule has 0 amide bonds. The highest BCUT2D eigenvalue weighted by molar-refractivity contribution is 7.89. The van der Waals surface area contributed by atoms with Gasteiger partial charge >= 0.3 is 17.9 Å². The zero-order valence-electron chi connectivity index (χ0n) is 21.5. The summed E-state index contributed by atoms with van der Waals surface area (Å²) in [6.07, 6.45) is -1.98. The molecule has 2 aliphatic rings. The van der Waals surface area contributed by atoms with Gasteiger partial charge in [0.2, 0.25) is 0 Å². The number of allylic oxidation sites excluding steroid dienone is 1. The molecule has 1 fully saturated rings. The van der Waals surface area contributed by atoms with Crippen molar-refractivity contribution in [2.45, 2.75) is 76.0 Å². The summed E-state index contributed by atoms with van der Waals surface area (Å²) in [6, 6.07) is 12.8. The topological polar surface area (TPSA) is 105 Å². The lowest BCUT2D eigenvalue weighted by Crippen LogP contribution is -2.58. The Morgan fingerprint density at radius 1 is 0.921 bits per heavy atom. The van der Waals surface area contributed by atoms with Crippen molar-refractivity contribution in [3.8, 4) is 0 Å². The van der Waals surface area contributed by atoms with Crippen LogP contribution in [0.2, 0.25) is 5.02 Å². The van der Waals surface area contributed by atoms with Crippen molar-refractivity contribution in [2.75, 3.05) is 0 Å². The molecule has 0 aliphatic carbocycles. The molecule has 0 radical (unpaired) electrons. The lowest BCUT2D eigenvalue weighted by molar-refractivity contribution is -0.249. The van der Waals surface area contributed by atoms with Crippen LogP contribution in [0.15, 0.2) is 52.3 Å². The van der Waals surface area contributed by atoms with Crippen molar-refractivity contribution >= 4 is 46.4 Å². The summed E-state index contributed by atoms with van der Waals surface area (Å²) >= 11 is 6.55. The van der Waals surface area contributed by atoms with Gasteiger partial charge in [-0.1, -0.05) is 48.9 Å². The minimum atomic E-state index is -1.30. The molecule has 38 heavy (non-hydrogen) atoms. The molecule has 0 saturated carbocycles. The molecule has 1 unspecified atom stereocenters. The second kappa shape index (κ2) is 11.8. The maximum absolute atomic E-state index is 13.1. The number of ether oxygens (including phenoxy) is 4. The normalized spacial score (nSPS) is 26.2. The van der Waals surface area contributed by atoms with E-state index in [4.69, 9.17) is 30.5 Å². The maximum atomic E-state index is 13.1. The van der Waals surface area contributed by atoms with Gasteiger partial charge in [-0.25, -0.2) is 4.21 Å². The average Bonchev–Trinajstić information content (AvgIpc) is 3.17. The van der Waals surface area contributed by atoms with Crippen LogP contribution in [0.4, 0.5) is 0 Å². The molecule has 6 atom stereocenters. The summed E-state index contributed by atoms with van der Waals surface area (Å²) in [7, 11) is -1.30. The molecule has 202 valence electrons. The molecule has 2 aromatic rings. The van der Waals surface area contributed by atoms with Crippen LogP contribution in [0.3, 0.4) is 0 Å². The second-order valence-corrected chi connectivity index (χ2v) is 11.1. The summed E-state index contributed by atoms with van der Waals surface area (Å²) in [6.45, 7) is 5.56. The zero-order chi connectivity index (χ0) is 27.6. The van der Waals surface area contributed by atoms with Crippen molar-refractivity contribution in [3.63, 3.8) is 0 Å². The van der Waals surface area contributed by atoms with Crippen LogP contribution in [0.1, 0.15) is 56.9 Å². The Bertz CT molecular complexity index is 1310. The number of esters is 3. The van der Waals surface area contributed by atoms with Gasteiger partial charge in [0, 0.05) is 37.1 Å². The van der Waals surface area contributed by atoms with E-state index in [9.17, 15) is 18.6 Å². The highest BCUT2D eigenvalue weighted by atomic mass is 35.5. The first-order valence-electron chi connectivity index (χ1n) is 12.3. The Labute approximate surface area is 228 Å². The second-order valence-electron chi connectivity index (χ2n) is 9.17. The third-order valence-corrected chi connectivity index (χ3v) is 8.26. The molecule has 2 heterocycles. The number of hydrogen-bond donors (Lipinski definition) is 0. The first kappa shape index (κ1) is 28.0. The number of fused-ring (bicyclic) bond motifs is 1. The Morgan fingerprint density at radius 3 is 2.18 bits per heavy atom. The number of halogens is 1. The molecule has 4 rings (SSSR count). The molecule has 2 aromatic carbocycles. The van der Waals surface area contributed by atoms with Gasteiger partial charge in [-0.15, -0.1) is 0 Å². The number of carbonyl (C=O) groups is 3. The summed E-state index contributed by atoms with van der Waals surface area (Å²) in [4.78, 5) is 37.5. The van der Waals surface area contributed by atoms with Crippen LogP contribution in [0, 0.1) is 0 Å². The van der Waals surface area contributed by atoms with E-state index in [1.807, 2.05) is 43.3 Å². The van der Waals surface area contributed by atoms with E-state index < -0.39 is 59.2 Å². The molecule has 10 heteroatoms. The third-order valence-electron chi connectivity index (χ3n) is 6.38. The average molecular weight is 561 g/mol. The summed E-state index contributed by atoms with van der Waals surface area (Å²) in [5.41, 5.74) is 2.24. The highest BCUT2D eigenvalue weighted by Gasteiger charge is 2.51. The van der Waals surface area contributed by atoms with Crippen LogP contribution in [0.5, 0.6) is 0 Å². The van der Waals surface area contributed by atoms with Crippen molar-refractivity contribution in [2.24, 2.45) is 0 Å².